The monoisotopic (exact) mass is 223 g/mol. The van der Waals surface area contributed by atoms with Gasteiger partial charge in [0.2, 0.25) is 5.91 Å². The first-order valence-electron chi connectivity index (χ1n) is 5.19. The van der Waals surface area contributed by atoms with E-state index in [1.807, 2.05) is 13.8 Å². The van der Waals surface area contributed by atoms with Gasteiger partial charge in [-0.2, -0.15) is 13.2 Å². The predicted octanol–water partition coefficient (Wildman–Crippen LogP) is 2.73. The van der Waals surface area contributed by atoms with E-state index < -0.39 is 19.0 Å². The zero-order valence-electron chi connectivity index (χ0n) is 8.97. The molecule has 0 aromatic heterocycles. The molecule has 1 aliphatic rings. The number of likely N-dealkylation sites (tertiary alicyclic amines) is 1. The van der Waals surface area contributed by atoms with Crippen molar-refractivity contribution in [1.29, 1.82) is 0 Å². The molecule has 1 fully saturated rings. The van der Waals surface area contributed by atoms with Crippen molar-refractivity contribution < 1.29 is 18.0 Å². The van der Waals surface area contributed by atoms with E-state index in [0.29, 0.717) is 0 Å². The van der Waals surface area contributed by atoms with Crippen LogP contribution in [0.5, 0.6) is 0 Å². The van der Waals surface area contributed by atoms with E-state index in [-0.39, 0.29) is 18.0 Å². The van der Waals surface area contributed by atoms with Crippen LogP contribution in [0, 0.1) is 0 Å². The van der Waals surface area contributed by atoms with Crippen molar-refractivity contribution in [2.75, 3.05) is 0 Å². The number of rotatable bonds is 2. The molecule has 2 nitrogen and oxygen atoms in total. The molecule has 5 heteroatoms. The van der Waals surface area contributed by atoms with Crippen LogP contribution in [0.15, 0.2) is 0 Å². The Morgan fingerprint density at radius 3 is 2.13 bits per heavy atom. The third-order valence-electron chi connectivity index (χ3n) is 2.86. The highest BCUT2D eigenvalue weighted by Crippen LogP contribution is 2.27. The summed E-state index contributed by atoms with van der Waals surface area (Å²) in [7, 11) is 0. The third kappa shape index (κ3) is 3.39. The zero-order valence-corrected chi connectivity index (χ0v) is 8.97. The van der Waals surface area contributed by atoms with Gasteiger partial charge in [0.05, 0.1) is 6.42 Å². The first-order chi connectivity index (χ1) is 6.81. The Morgan fingerprint density at radius 1 is 1.27 bits per heavy atom. The maximum Gasteiger partial charge on any atom is 0.389 e. The lowest BCUT2D eigenvalue weighted by Gasteiger charge is -2.26. The molecule has 1 aliphatic heterocycles. The van der Waals surface area contributed by atoms with Crippen molar-refractivity contribution in [2.24, 2.45) is 0 Å². The molecule has 0 N–H and O–H groups in total. The van der Waals surface area contributed by atoms with Gasteiger partial charge in [0.25, 0.3) is 0 Å². The summed E-state index contributed by atoms with van der Waals surface area (Å²) in [5.74, 6) is -0.371. The Labute approximate surface area is 87.4 Å². The molecule has 15 heavy (non-hydrogen) atoms. The summed E-state index contributed by atoms with van der Waals surface area (Å²) in [4.78, 5) is 13.1. The average molecular weight is 223 g/mol. The zero-order chi connectivity index (χ0) is 11.6. The molecule has 0 spiro atoms. The first kappa shape index (κ1) is 12.3. The summed E-state index contributed by atoms with van der Waals surface area (Å²) in [5, 5.41) is 0. The molecule has 1 rings (SSSR count). The van der Waals surface area contributed by atoms with Crippen molar-refractivity contribution in [2.45, 2.75) is 57.8 Å². The first-order valence-corrected chi connectivity index (χ1v) is 5.19. The van der Waals surface area contributed by atoms with Gasteiger partial charge in [-0.05, 0) is 26.7 Å². The molecular formula is C10H16F3NO. The van der Waals surface area contributed by atoms with Gasteiger partial charge in [-0.25, -0.2) is 0 Å². The van der Waals surface area contributed by atoms with Gasteiger partial charge in [0.15, 0.2) is 0 Å². The van der Waals surface area contributed by atoms with Crippen LogP contribution in [0.1, 0.15) is 39.5 Å². The molecule has 0 aromatic rings. The lowest BCUT2D eigenvalue weighted by atomic mass is 10.2. The molecule has 1 amide bonds. The molecule has 0 unspecified atom stereocenters. The number of hydrogen-bond acceptors (Lipinski definition) is 1. The summed E-state index contributed by atoms with van der Waals surface area (Å²) in [6.07, 6.45) is -3.89. The van der Waals surface area contributed by atoms with Crippen molar-refractivity contribution in [3.63, 3.8) is 0 Å². The van der Waals surface area contributed by atoms with Gasteiger partial charge in [0.1, 0.15) is 0 Å². The minimum Gasteiger partial charge on any atom is -0.337 e. The molecule has 0 radical (unpaired) electrons. The Bertz CT molecular complexity index is 229. The predicted molar refractivity (Wildman–Crippen MR) is 50.3 cm³/mol. The van der Waals surface area contributed by atoms with E-state index in [2.05, 4.69) is 0 Å². The SMILES string of the molecule is C[C@H]1CC[C@H](C)N1C(=O)CCC(F)(F)F. The lowest BCUT2D eigenvalue weighted by Crippen LogP contribution is -2.38. The number of nitrogens with zero attached hydrogens (tertiary/aromatic N) is 1. The number of carbonyl (C=O) groups excluding carboxylic acids is 1. The second-order valence-corrected chi connectivity index (χ2v) is 4.19. The van der Waals surface area contributed by atoms with Crippen molar-refractivity contribution >= 4 is 5.91 Å². The molecule has 1 saturated heterocycles. The molecule has 0 aliphatic carbocycles. The maximum atomic E-state index is 11.9. The van der Waals surface area contributed by atoms with Crippen LogP contribution in [-0.2, 0) is 4.79 Å². The Kier molecular flexibility index (Phi) is 3.62. The Balaban J connectivity index is 2.46. The number of carbonyl (C=O) groups is 1. The maximum absolute atomic E-state index is 11.9. The molecule has 0 aromatic carbocycles. The third-order valence-corrected chi connectivity index (χ3v) is 2.86. The number of hydrogen-bond donors (Lipinski definition) is 0. The van der Waals surface area contributed by atoms with Crippen LogP contribution in [0.4, 0.5) is 13.2 Å². The quantitative estimate of drug-likeness (QED) is 0.704. The Morgan fingerprint density at radius 2 is 1.73 bits per heavy atom. The van der Waals surface area contributed by atoms with Crippen LogP contribution in [-0.4, -0.2) is 29.1 Å². The highest BCUT2D eigenvalue weighted by atomic mass is 19.4. The fourth-order valence-corrected chi connectivity index (χ4v) is 2.06. The molecule has 1 heterocycles. The fraction of sp³-hybridized carbons (Fsp3) is 0.900. The topological polar surface area (TPSA) is 20.3 Å². The summed E-state index contributed by atoms with van der Waals surface area (Å²) in [5.41, 5.74) is 0. The molecule has 0 saturated carbocycles. The van der Waals surface area contributed by atoms with Crippen LogP contribution < -0.4 is 0 Å². The highest BCUT2D eigenvalue weighted by Gasteiger charge is 2.34. The van der Waals surface area contributed by atoms with E-state index in [1.165, 1.54) is 0 Å². The van der Waals surface area contributed by atoms with Gasteiger partial charge >= 0.3 is 6.18 Å². The van der Waals surface area contributed by atoms with E-state index >= 15 is 0 Å². The van der Waals surface area contributed by atoms with Crippen LogP contribution >= 0.6 is 0 Å². The second-order valence-electron chi connectivity index (χ2n) is 4.19. The summed E-state index contributed by atoms with van der Waals surface area (Å²) >= 11 is 0. The van der Waals surface area contributed by atoms with E-state index in [9.17, 15) is 18.0 Å². The van der Waals surface area contributed by atoms with Crippen molar-refractivity contribution in [3.8, 4) is 0 Å². The minimum atomic E-state index is -4.23. The fourth-order valence-electron chi connectivity index (χ4n) is 2.06. The highest BCUT2D eigenvalue weighted by molar-refractivity contribution is 5.77. The molecular weight excluding hydrogens is 207 g/mol. The number of halogens is 3. The average Bonchev–Trinajstić information content (AvgIpc) is 2.41. The summed E-state index contributed by atoms with van der Waals surface area (Å²) < 4.78 is 35.8. The summed E-state index contributed by atoms with van der Waals surface area (Å²) in [6.45, 7) is 3.77. The van der Waals surface area contributed by atoms with Crippen LogP contribution in [0.3, 0.4) is 0 Å². The summed E-state index contributed by atoms with van der Waals surface area (Å²) in [6, 6.07) is 0.168. The van der Waals surface area contributed by atoms with E-state index in [1.54, 1.807) is 4.90 Å². The van der Waals surface area contributed by atoms with Gasteiger partial charge in [0, 0.05) is 18.5 Å². The normalized spacial score (nSPS) is 27.1. The van der Waals surface area contributed by atoms with Crippen molar-refractivity contribution in [3.05, 3.63) is 0 Å². The molecule has 88 valence electrons. The van der Waals surface area contributed by atoms with Gasteiger partial charge in [-0.15, -0.1) is 0 Å². The van der Waals surface area contributed by atoms with Crippen LogP contribution in [0.2, 0.25) is 0 Å². The van der Waals surface area contributed by atoms with Crippen molar-refractivity contribution in [1.82, 2.24) is 4.90 Å². The van der Waals surface area contributed by atoms with E-state index in [0.717, 1.165) is 12.8 Å². The molecule has 0 bridgehead atoms. The van der Waals surface area contributed by atoms with E-state index in [4.69, 9.17) is 0 Å². The lowest BCUT2D eigenvalue weighted by molar-refractivity contribution is -0.150. The smallest absolute Gasteiger partial charge is 0.337 e. The molecule has 2 atom stereocenters. The van der Waals surface area contributed by atoms with Gasteiger partial charge in [-0.1, -0.05) is 0 Å². The van der Waals surface area contributed by atoms with Gasteiger partial charge in [-0.3, -0.25) is 4.79 Å². The van der Waals surface area contributed by atoms with Crippen LogP contribution in [0.25, 0.3) is 0 Å². The number of amides is 1. The Hall–Kier alpha value is -0.740. The number of alkyl halides is 3. The standard InChI is InChI=1S/C10H16F3NO/c1-7-3-4-8(2)14(7)9(15)5-6-10(11,12)13/h7-8H,3-6H2,1-2H3/t7-,8-/m0/s1. The largest absolute Gasteiger partial charge is 0.389 e. The second kappa shape index (κ2) is 4.41. The van der Waals surface area contributed by atoms with Gasteiger partial charge < -0.3 is 4.90 Å². The minimum absolute atomic E-state index is 0.0840.